The smallest absolute Gasteiger partial charge is 0.0712 e. The van der Waals surface area contributed by atoms with Gasteiger partial charge in [-0.2, -0.15) is 27.8 Å². The standard InChI is InChI=1S/C29H32N4S2/c1-2-13-30-15-16-33-28-19-29(24-10-17-34-21-24,25-11-18-35-22-25)12-8-26(28)27(32-33)9-14-31-20-23-6-4-3-5-7-23/h2-8,10-12,17-18,21-22,30-31H,1,9,13-16,19-20H2. The first kappa shape index (κ1) is 23.9. The van der Waals surface area contributed by atoms with Crippen molar-refractivity contribution < 1.29 is 0 Å². The summed E-state index contributed by atoms with van der Waals surface area (Å²) < 4.78 is 2.24. The minimum atomic E-state index is -0.137. The Hall–Kier alpha value is -2.77. The molecule has 0 unspecified atom stereocenters. The maximum atomic E-state index is 5.13. The van der Waals surface area contributed by atoms with Crippen molar-refractivity contribution in [2.24, 2.45) is 0 Å². The highest BCUT2D eigenvalue weighted by Crippen LogP contribution is 2.43. The van der Waals surface area contributed by atoms with Gasteiger partial charge < -0.3 is 10.6 Å². The van der Waals surface area contributed by atoms with E-state index in [1.54, 1.807) is 22.7 Å². The Kier molecular flexibility index (Phi) is 7.74. The number of fused-ring (bicyclic) bond motifs is 1. The van der Waals surface area contributed by atoms with Crippen molar-refractivity contribution in [3.63, 3.8) is 0 Å². The maximum Gasteiger partial charge on any atom is 0.0712 e. The second kappa shape index (κ2) is 11.3. The van der Waals surface area contributed by atoms with Gasteiger partial charge in [0.1, 0.15) is 0 Å². The van der Waals surface area contributed by atoms with E-state index in [0.29, 0.717) is 0 Å². The zero-order chi connectivity index (χ0) is 23.9. The molecule has 0 saturated carbocycles. The van der Waals surface area contributed by atoms with E-state index in [1.165, 1.54) is 33.6 Å². The molecular formula is C29H32N4S2. The van der Waals surface area contributed by atoms with Gasteiger partial charge in [0.25, 0.3) is 0 Å². The fourth-order valence-electron chi connectivity index (χ4n) is 4.89. The van der Waals surface area contributed by atoms with Crippen LogP contribution in [0.2, 0.25) is 0 Å². The van der Waals surface area contributed by atoms with Crippen molar-refractivity contribution in [2.45, 2.75) is 31.3 Å². The highest BCUT2D eigenvalue weighted by atomic mass is 32.1. The zero-order valence-corrected chi connectivity index (χ0v) is 21.6. The first-order chi connectivity index (χ1) is 17.3. The first-order valence-corrected chi connectivity index (χ1v) is 14.1. The average molecular weight is 501 g/mol. The van der Waals surface area contributed by atoms with Crippen molar-refractivity contribution in [3.8, 4) is 0 Å². The SMILES string of the molecule is C=CCNCCn1nc(CCNCc2ccccc2)c2c1CC(c1ccsc1)(c1ccsc1)C=C2. The average Bonchev–Trinajstić information content (AvgIpc) is 3.67. The van der Waals surface area contributed by atoms with Crippen LogP contribution in [0.25, 0.3) is 6.08 Å². The zero-order valence-electron chi connectivity index (χ0n) is 20.0. The molecule has 2 N–H and O–H groups in total. The molecule has 0 spiro atoms. The van der Waals surface area contributed by atoms with Gasteiger partial charge in [-0.3, -0.25) is 4.68 Å². The summed E-state index contributed by atoms with van der Waals surface area (Å²) in [5.74, 6) is 0. The van der Waals surface area contributed by atoms with Crippen molar-refractivity contribution in [1.82, 2.24) is 20.4 Å². The third kappa shape index (κ3) is 5.26. The van der Waals surface area contributed by atoms with Gasteiger partial charge in [-0.1, -0.05) is 48.6 Å². The lowest BCUT2D eigenvalue weighted by molar-refractivity contribution is 0.518. The van der Waals surface area contributed by atoms with Crippen molar-refractivity contribution in [3.05, 3.63) is 116 Å². The van der Waals surface area contributed by atoms with Crippen LogP contribution < -0.4 is 10.6 Å². The highest BCUT2D eigenvalue weighted by molar-refractivity contribution is 7.08. The maximum absolute atomic E-state index is 5.13. The summed E-state index contributed by atoms with van der Waals surface area (Å²) in [4.78, 5) is 0. The monoisotopic (exact) mass is 500 g/mol. The summed E-state index contributed by atoms with van der Waals surface area (Å²) in [7, 11) is 0. The van der Waals surface area contributed by atoms with E-state index in [2.05, 4.69) is 98.0 Å². The topological polar surface area (TPSA) is 41.9 Å². The quantitative estimate of drug-likeness (QED) is 0.195. The van der Waals surface area contributed by atoms with E-state index in [9.17, 15) is 0 Å². The molecule has 1 aromatic carbocycles. The molecule has 180 valence electrons. The van der Waals surface area contributed by atoms with Gasteiger partial charge in [0.15, 0.2) is 0 Å². The predicted octanol–water partition coefficient (Wildman–Crippen LogP) is 5.67. The molecule has 1 aliphatic carbocycles. The lowest BCUT2D eigenvalue weighted by Gasteiger charge is -2.33. The third-order valence-corrected chi connectivity index (χ3v) is 8.09. The molecule has 5 rings (SSSR count). The Bertz CT molecular complexity index is 1200. The highest BCUT2D eigenvalue weighted by Gasteiger charge is 2.38. The van der Waals surface area contributed by atoms with Crippen LogP contribution in [-0.2, 0) is 31.3 Å². The Balaban J connectivity index is 1.40. The summed E-state index contributed by atoms with van der Waals surface area (Å²) in [5.41, 5.74) is 7.73. The normalized spacial score (nSPS) is 14.2. The molecule has 0 atom stereocenters. The summed E-state index contributed by atoms with van der Waals surface area (Å²) in [5, 5.41) is 21.1. The Labute approximate surface area is 216 Å². The molecule has 0 amide bonds. The van der Waals surface area contributed by atoms with Crippen LogP contribution in [-0.4, -0.2) is 29.4 Å². The Morgan fingerprint density at radius 1 is 1.00 bits per heavy atom. The number of hydrogen-bond donors (Lipinski definition) is 2. The summed E-state index contributed by atoms with van der Waals surface area (Å²) in [6.45, 7) is 8.14. The number of allylic oxidation sites excluding steroid dienone is 1. The van der Waals surface area contributed by atoms with Gasteiger partial charge in [0, 0.05) is 55.7 Å². The van der Waals surface area contributed by atoms with Crippen LogP contribution in [0.3, 0.4) is 0 Å². The molecule has 1 aliphatic rings. The van der Waals surface area contributed by atoms with E-state index in [-0.39, 0.29) is 5.41 Å². The van der Waals surface area contributed by atoms with Crippen molar-refractivity contribution >= 4 is 28.7 Å². The molecule has 0 aliphatic heterocycles. The molecular weight excluding hydrogens is 468 g/mol. The fourth-order valence-corrected chi connectivity index (χ4v) is 6.37. The summed E-state index contributed by atoms with van der Waals surface area (Å²) in [6.07, 6.45) is 8.50. The van der Waals surface area contributed by atoms with Crippen LogP contribution in [0.4, 0.5) is 0 Å². The van der Waals surface area contributed by atoms with E-state index < -0.39 is 0 Å². The third-order valence-electron chi connectivity index (χ3n) is 6.73. The van der Waals surface area contributed by atoms with Crippen LogP contribution in [0.1, 0.15) is 33.6 Å². The minimum Gasteiger partial charge on any atom is -0.312 e. The molecule has 4 nitrogen and oxygen atoms in total. The van der Waals surface area contributed by atoms with Crippen molar-refractivity contribution in [1.29, 1.82) is 0 Å². The minimum absolute atomic E-state index is 0.137. The number of rotatable bonds is 12. The molecule has 3 aromatic heterocycles. The molecule has 0 saturated heterocycles. The largest absolute Gasteiger partial charge is 0.312 e. The first-order valence-electron chi connectivity index (χ1n) is 12.2. The van der Waals surface area contributed by atoms with Crippen LogP contribution in [0.15, 0.2) is 82.7 Å². The second-order valence-corrected chi connectivity index (χ2v) is 10.5. The van der Waals surface area contributed by atoms with Gasteiger partial charge in [0.05, 0.1) is 12.2 Å². The fraction of sp³-hybridized carbons (Fsp3) is 0.276. The number of benzene rings is 1. The summed E-state index contributed by atoms with van der Waals surface area (Å²) >= 11 is 3.54. The van der Waals surface area contributed by atoms with E-state index in [0.717, 1.165) is 45.6 Å². The van der Waals surface area contributed by atoms with E-state index in [4.69, 9.17) is 5.10 Å². The van der Waals surface area contributed by atoms with Gasteiger partial charge in [-0.15, -0.1) is 6.58 Å². The number of nitrogens with zero attached hydrogens (tertiary/aromatic N) is 2. The van der Waals surface area contributed by atoms with Crippen molar-refractivity contribution in [2.75, 3.05) is 19.6 Å². The molecule has 4 aromatic rings. The van der Waals surface area contributed by atoms with Gasteiger partial charge in [-0.05, 0) is 50.3 Å². The predicted molar refractivity (Wildman–Crippen MR) is 149 cm³/mol. The molecule has 35 heavy (non-hydrogen) atoms. The van der Waals surface area contributed by atoms with Gasteiger partial charge in [0.2, 0.25) is 0 Å². The molecule has 6 heteroatoms. The lowest BCUT2D eigenvalue weighted by Crippen LogP contribution is -2.31. The van der Waals surface area contributed by atoms with Crippen LogP contribution in [0.5, 0.6) is 0 Å². The number of thiophene rings is 2. The molecule has 0 bridgehead atoms. The van der Waals surface area contributed by atoms with E-state index >= 15 is 0 Å². The van der Waals surface area contributed by atoms with Gasteiger partial charge in [-0.25, -0.2) is 0 Å². The molecule has 3 heterocycles. The molecule has 0 fully saturated rings. The summed E-state index contributed by atoms with van der Waals surface area (Å²) in [6, 6.07) is 15.1. The van der Waals surface area contributed by atoms with E-state index in [1.807, 2.05) is 6.08 Å². The van der Waals surface area contributed by atoms with Crippen LogP contribution >= 0.6 is 22.7 Å². The lowest BCUT2D eigenvalue weighted by atomic mass is 9.70. The van der Waals surface area contributed by atoms with Gasteiger partial charge >= 0.3 is 0 Å². The number of aromatic nitrogens is 2. The Morgan fingerprint density at radius 3 is 2.46 bits per heavy atom. The number of nitrogens with one attached hydrogen (secondary N) is 2. The number of hydrogen-bond acceptors (Lipinski definition) is 5. The Morgan fingerprint density at radius 2 is 1.77 bits per heavy atom. The second-order valence-electron chi connectivity index (χ2n) is 8.94. The molecule has 0 radical (unpaired) electrons. The van der Waals surface area contributed by atoms with Crippen LogP contribution in [0, 0.1) is 0 Å².